The van der Waals surface area contributed by atoms with Gasteiger partial charge in [-0.05, 0) is 49.2 Å². The monoisotopic (exact) mass is 350 g/mol. The van der Waals surface area contributed by atoms with Crippen molar-refractivity contribution in [2.24, 2.45) is 0 Å². The van der Waals surface area contributed by atoms with Gasteiger partial charge in [0.25, 0.3) is 5.91 Å². The number of benzene rings is 2. The van der Waals surface area contributed by atoms with Gasteiger partial charge in [-0.25, -0.2) is 0 Å². The highest BCUT2D eigenvalue weighted by Gasteiger charge is 2.34. The fraction of sp³-hybridized carbons (Fsp3) is 0.222. The van der Waals surface area contributed by atoms with E-state index in [1.807, 2.05) is 13.0 Å². The number of hydrogen-bond donors (Lipinski definition) is 2. The quantitative estimate of drug-likeness (QED) is 0.854. The first-order chi connectivity index (χ1) is 11.6. The largest absolute Gasteiger partial charge is 0.418 e. The third-order valence-electron chi connectivity index (χ3n) is 3.74. The minimum atomic E-state index is -4.68. The maximum atomic E-state index is 13.3. The van der Waals surface area contributed by atoms with Crippen LogP contribution in [0, 0.1) is 13.8 Å². The Hall–Kier alpha value is -2.83. The molecule has 0 saturated heterocycles. The molecular formula is C18H17F3N2O2. The fourth-order valence-electron chi connectivity index (χ4n) is 2.36. The first-order valence-corrected chi connectivity index (χ1v) is 7.46. The Labute approximate surface area is 143 Å². The third-order valence-corrected chi connectivity index (χ3v) is 3.74. The molecular weight excluding hydrogens is 333 g/mol. The first kappa shape index (κ1) is 18.5. The fourth-order valence-corrected chi connectivity index (χ4v) is 2.36. The molecule has 0 unspecified atom stereocenters. The number of carbonyl (C=O) groups is 2. The van der Waals surface area contributed by atoms with E-state index in [1.165, 1.54) is 13.0 Å². The number of anilines is 2. The van der Waals surface area contributed by atoms with E-state index < -0.39 is 23.6 Å². The van der Waals surface area contributed by atoms with E-state index in [4.69, 9.17) is 0 Å². The van der Waals surface area contributed by atoms with Crippen LogP contribution in [0.25, 0.3) is 0 Å². The Balaban J connectivity index is 2.39. The Morgan fingerprint density at radius 3 is 2.28 bits per heavy atom. The molecule has 2 rings (SSSR count). The number of alkyl halides is 3. The summed E-state index contributed by atoms with van der Waals surface area (Å²) < 4.78 is 39.9. The molecule has 4 nitrogen and oxygen atoms in total. The molecule has 0 fully saturated rings. The highest BCUT2D eigenvalue weighted by molar-refractivity contribution is 6.06. The minimum absolute atomic E-state index is 0.00422. The molecule has 0 aliphatic heterocycles. The molecule has 0 aliphatic carbocycles. The lowest BCUT2D eigenvalue weighted by Gasteiger charge is -2.16. The summed E-state index contributed by atoms with van der Waals surface area (Å²) in [7, 11) is 0. The zero-order valence-corrected chi connectivity index (χ0v) is 13.9. The van der Waals surface area contributed by atoms with Crippen LogP contribution in [-0.4, -0.2) is 11.8 Å². The number of carbonyl (C=O) groups excluding carboxylic acids is 2. The van der Waals surface area contributed by atoms with Crippen molar-refractivity contribution in [1.29, 1.82) is 0 Å². The van der Waals surface area contributed by atoms with Gasteiger partial charge in [0.05, 0.1) is 11.3 Å². The molecule has 2 aromatic rings. The van der Waals surface area contributed by atoms with Crippen molar-refractivity contribution in [3.8, 4) is 0 Å². The zero-order valence-electron chi connectivity index (χ0n) is 13.9. The number of aryl methyl sites for hydroxylation is 1. The maximum absolute atomic E-state index is 13.3. The summed E-state index contributed by atoms with van der Waals surface area (Å²) in [5.74, 6) is -1.11. The molecule has 25 heavy (non-hydrogen) atoms. The lowest BCUT2D eigenvalue weighted by molar-refractivity contribution is -0.137. The second kappa shape index (κ2) is 6.96. The van der Waals surface area contributed by atoms with Crippen LogP contribution in [0.1, 0.15) is 34.0 Å². The van der Waals surface area contributed by atoms with Gasteiger partial charge >= 0.3 is 6.18 Å². The molecule has 0 saturated carbocycles. The van der Waals surface area contributed by atoms with Crippen LogP contribution in [0.4, 0.5) is 24.5 Å². The predicted molar refractivity (Wildman–Crippen MR) is 89.6 cm³/mol. The highest BCUT2D eigenvalue weighted by atomic mass is 19.4. The standard InChI is InChI=1S/C18H17F3N2O2/c1-10-5-4-6-14(11(10)2)17(25)23-16-8-7-13(22-12(3)24)9-15(16)18(19,20)21/h4-9H,1-3H3,(H,22,24)(H,23,25). The highest BCUT2D eigenvalue weighted by Crippen LogP contribution is 2.37. The van der Waals surface area contributed by atoms with Gasteiger partial charge in [0, 0.05) is 18.2 Å². The van der Waals surface area contributed by atoms with E-state index in [0.717, 1.165) is 17.7 Å². The number of halogens is 3. The molecule has 0 aromatic heterocycles. The van der Waals surface area contributed by atoms with Gasteiger partial charge in [0.1, 0.15) is 0 Å². The molecule has 0 radical (unpaired) electrons. The van der Waals surface area contributed by atoms with Crippen LogP contribution < -0.4 is 10.6 Å². The van der Waals surface area contributed by atoms with E-state index in [0.29, 0.717) is 11.1 Å². The number of amides is 2. The van der Waals surface area contributed by atoms with E-state index in [-0.39, 0.29) is 11.4 Å². The summed E-state index contributed by atoms with van der Waals surface area (Å²) in [4.78, 5) is 23.4. The molecule has 0 atom stereocenters. The van der Waals surface area contributed by atoms with Crippen molar-refractivity contribution in [2.45, 2.75) is 26.9 Å². The van der Waals surface area contributed by atoms with Crippen LogP contribution >= 0.6 is 0 Å². The zero-order chi connectivity index (χ0) is 18.8. The average molecular weight is 350 g/mol. The maximum Gasteiger partial charge on any atom is 0.418 e. The number of nitrogens with one attached hydrogen (secondary N) is 2. The first-order valence-electron chi connectivity index (χ1n) is 7.46. The summed E-state index contributed by atoms with van der Waals surface area (Å²) in [6.07, 6.45) is -4.68. The molecule has 2 N–H and O–H groups in total. The molecule has 2 aromatic carbocycles. The van der Waals surface area contributed by atoms with E-state index in [9.17, 15) is 22.8 Å². The van der Waals surface area contributed by atoms with Gasteiger partial charge in [0.15, 0.2) is 0 Å². The van der Waals surface area contributed by atoms with Crippen molar-refractivity contribution in [3.05, 3.63) is 58.7 Å². The second-order valence-corrected chi connectivity index (χ2v) is 5.64. The minimum Gasteiger partial charge on any atom is -0.326 e. The molecule has 0 spiro atoms. The van der Waals surface area contributed by atoms with Crippen LogP contribution in [0.2, 0.25) is 0 Å². The Morgan fingerprint density at radius 2 is 1.68 bits per heavy atom. The Bertz CT molecular complexity index is 830. The summed E-state index contributed by atoms with van der Waals surface area (Å²) in [6, 6.07) is 8.25. The molecule has 0 aliphatic rings. The van der Waals surface area contributed by atoms with Gasteiger partial charge in [-0.1, -0.05) is 12.1 Å². The van der Waals surface area contributed by atoms with Gasteiger partial charge in [-0.2, -0.15) is 13.2 Å². The van der Waals surface area contributed by atoms with Crippen molar-refractivity contribution < 1.29 is 22.8 Å². The number of hydrogen-bond acceptors (Lipinski definition) is 2. The van der Waals surface area contributed by atoms with Crippen LogP contribution in [-0.2, 0) is 11.0 Å². The van der Waals surface area contributed by atoms with Gasteiger partial charge in [-0.3, -0.25) is 9.59 Å². The van der Waals surface area contributed by atoms with Crippen molar-refractivity contribution in [3.63, 3.8) is 0 Å². The van der Waals surface area contributed by atoms with Gasteiger partial charge < -0.3 is 10.6 Å². The summed E-state index contributed by atoms with van der Waals surface area (Å²) in [5.41, 5.74) is 0.474. The second-order valence-electron chi connectivity index (χ2n) is 5.64. The lowest BCUT2D eigenvalue weighted by atomic mass is 10.0. The van der Waals surface area contributed by atoms with E-state index >= 15 is 0 Å². The molecule has 0 bridgehead atoms. The van der Waals surface area contributed by atoms with E-state index in [1.54, 1.807) is 19.1 Å². The lowest BCUT2D eigenvalue weighted by Crippen LogP contribution is -2.18. The Kier molecular flexibility index (Phi) is 5.15. The SMILES string of the molecule is CC(=O)Nc1ccc(NC(=O)c2cccc(C)c2C)c(C(F)(F)F)c1. The van der Waals surface area contributed by atoms with E-state index in [2.05, 4.69) is 10.6 Å². The third kappa shape index (κ3) is 4.37. The summed E-state index contributed by atoms with van der Waals surface area (Å²) in [6.45, 7) is 4.74. The topological polar surface area (TPSA) is 58.2 Å². The number of rotatable bonds is 3. The van der Waals surface area contributed by atoms with Crippen LogP contribution in [0.3, 0.4) is 0 Å². The van der Waals surface area contributed by atoms with Gasteiger partial charge in [0.2, 0.25) is 5.91 Å². The van der Waals surface area contributed by atoms with Crippen molar-refractivity contribution in [1.82, 2.24) is 0 Å². The molecule has 7 heteroatoms. The van der Waals surface area contributed by atoms with Crippen molar-refractivity contribution >= 4 is 23.2 Å². The smallest absolute Gasteiger partial charge is 0.326 e. The average Bonchev–Trinajstić information content (AvgIpc) is 2.49. The predicted octanol–water partition coefficient (Wildman–Crippen LogP) is 4.53. The summed E-state index contributed by atoms with van der Waals surface area (Å²) in [5, 5.41) is 4.60. The molecule has 132 valence electrons. The van der Waals surface area contributed by atoms with Crippen LogP contribution in [0.5, 0.6) is 0 Å². The van der Waals surface area contributed by atoms with Crippen molar-refractivity contribution in [2.75, 3.05) is 10.6 Å². The van der Waals surface area contributed by atoms with Gasteiger partial charge in [-0.15, -0.1) is 0 Å². The molecule has 2 amide bonds. The summed E-state index contributed by atoms with van der Waals surface area (Å²) >= 11 is 0. The molecule has 0 heterocycles. The Morgan fingerprint density at radius 1 is 1.00 bits per heavy atom. The van der Waals surface area contributed by atoms with Crippen LogP contribution in [0.15, 0.2) is 36.4 Å². The normalized spacial score (nSPS) is 11.1.